The van der Waals surface area contributed by atoms with Gasteiger partial charge in [0.1, 0.15) is 17.5 Å². The lowest BCUT2D eigenvalue weighted by atomic mass is 10.1. The van der Waals surface area contributed by atoms with Crippen LogP contribution in [0.15, 0.2) is 42.5 Å². The average Bonchev–Trinajstić information content (AvgIpc) is 2.83. The van der Waals surface area contributed by atoms with Crippen LogP contribution in [0, 0.1) is 0 Å². The van der Waals surface area contributed by atoms with Gasteiger partial charge in [-0.25, -0.2) is 8.42 Å². The van der Waals surface area contributed by atoms with Gasteiger partial charge in [0.25, 0.3) is 0 Å². The first kappa shape index (κ1) is 28.3. The van der Waals surface area contributed by atoms with Crippen molar-refractivity contribution >= 4 is 39.1 Å². The molecule has 0 spiro atoms. The molecule has 0 bridgehead atoms. The fourth-order valence-electron chi connectivity index (χ4n) is 3.57. The highest BCUT2D eigenvalue weighted by Gasteiger charge is 2.26. The Morgan fingerprint density at radius 3 is 2.40 bits per heavy atom. The number of nitrogens with one attached hydrogen (secondary N) is 1. The summed E-state index contributed by atoms with van der Waals surface area (Å²) in [6, 6.07) is 11.2. The fraction of sp³-hybridized carbons (Fsp3) is 0.417. The molecule has 0 aliphatic heterocycles. The number of anilines is 1. The quantitative estimate of drug-likeness (QED) is 0.456. The van der Waals surface area contributed by atoms with Gasteiger partial charge >= 0.3 is 0 Å². The molecule has 0 aromatic heterocycles. The van der Waals surface area contributed by atoms with E-state index in [-0.39, 0.29) is 42.8 Å². The number of amides is 2. The fourth-order valence-corrected chi connectivity index (χ4v) is 4.78. The summed E-state index contributed by atoms with van der Waals surface area (Å²) in [5.74, 6) is 0.497. The molecular formula is C24H32ClN3O6S. The number of sulfonamides is 1. The Morgan fingerprint density at radius 1 is 1.11 bits per heavy atom. The molecule has 192 valence electrons. The average molecular weight is 526 g/mol. The largest absolute Gasteiger partial charge is 0.497 e. The SMILES string of the molecule is CNC(=O)C(C)N(Cc1cccc(OC)c1)C(=O)CCCN(c1ccc(OC)c(Cl)c1)S(C)(=O)=O. The van der Waals surface area contributed by atoms with Crippen molar-refractivity contribution in [1.29, 1.82) is 0 Å². The molecule has 11 heteroatoms. The van der Waals surface area contributed by atoms with E-state index in [1.807, 2.05) is 12.1 Å². The van der Waals surface area contributed by atoms with E-state index in [0.717, 1.165) is 11.8 Å². The van der Waals surface area contributed by atoms with Gasteiger partial charge in [-0.2, -0.15) is 0 Å². The molecule has 2 aromatic carbocycles. The Morgan fingerprint density at radius 2 is 1.83 bits per heavy atom. The zero-order chi connectivity index (χ0) is 26.2. The van der Waals surface area contributed by atoms with Crippen molar-refractivity contribution in [2.24, 2.45) is 0 Å². The van der Waals surface area contributed by atoms with Gasteiger partial charge in [0.05, 0.1) is 31.2 Å². The van der Waals surface area contributed by atoms with Gasteiger partial charge in [0.15, 0.2) is 0 Å². The number of halogens is 1. The highest BCUT2D eigenvalue weighted by molar-refractivity contribution is 7.92. The maximum absolute atomic E-state index is 13.2. The molecule has 0 radical (unpaired) electrons. The van der Waals surface area contributed by atoms with Crippen molar-refractivity contribution in [3.63, 3.8) is 0 Å². The molecule has 1 atom stereocenters. The lowest BCUT2D eigenvalue weighted by Crippen LogP contribution is -2.46. The maximum Gasteiger partial charge on any atom is 0.242 e. The minimum Gasteiger partial charge on any atom is -0.497 e. The van der Waals surface area contributed by atoms with E-state index in [2.05, 4.69) is 5.32 Å². The number of benzene rings is 2. The summed E-state index contributed by atoms with van der Waals surface area (Å²) in [7, 11) is 0.904. The molecule has 0 saturated heterocycles. The number of hydrogen-bond acceptors (Lipinski definition) is 6. The normalized spacial score (nSPS) is 11.9. The van der Waals surface area contributed by atoms with Crippen molar-refractivity contribution in [2.75, 3.05) is 38.4 Å². The number of carbonyl (C=O) groups excluding carboxylic acids is 2. The van der Waals surface area contributed by atoms with E-state index >= 15 is 0 Å². The Bertz CT molecular complexity index is 1140. The van der Waals surface area contributed by atoms with Crippen molar-refractivity contribution in [2.45, 2.75) is 32.4 Å². The summed E-state index contributed by atoms with van der Waals surface area (Å²) in [6.45, 7) is 1.92. The smallest absolute Gasteiger partial charge is 0.242 e. The topological polar surface area (TPSA) is 105 Å². The zero-order valence-corrected chi connectivity index (χ0v) is 22.1. The summed E-state index contributed by atoms with van der Waals surface area (Å²) in [6.07, 6.45) is 1.38. The lowest BCUT2D eigenvalue weighted by molar-refractivity contribution is -0.140. The number of ether oxygens (including phenoxy) is 2. The van der Waals surface area contributed by atoms with Gasteiger partial charge in [-0.1, -0.05) is 23.7 Å². The molecular weight excluding hydrogens is 494 g/mol. The van der Waals surface area contributed by atoms with Crippen LogP contribution in [0.25, 0.3) is 0 Å². The van der Waals surface area contributed by atoms with E-state index in [0.29, 0.717) is 17.2 Å². The Labute approximate surface area is 212 Å². The summed E-state index contributed by atoms with van der Waals surface area (Å²) in [5, 5.41) is 2.85. The Balaban J connectivity index is 2.18. The van der Waals surface area contributed by atoms with Gasteiger partial charge in [0.2, 0.25) is 21.8 Å². The molecule has 1 N–H and O–H groups in total. The second-order valence-electron chi connectivity index (χ2n) is 7.92. The molecule has 0 saturated carbocycles. The summed E-state index contributed by atoms with van der Waals surface area (Å²) < 4.78 is 36.4. The number of carbonyl (C=O) groups is 2. The Hall–Kier alpha value is -2.98. The number of nitrogens with zero attached hydrogens (tertiary/aromatic N) is 2. The second kappa shape index (κ2) is 12.6. The number of rotatable bonds is 12. The standard InChI is InChI=1S/C24H32ClN3O6S/c1-17(24(30)26-2)27(16-18-8-6-9-20(14-18)33-3)23(29)10-7-13-28(35(5,31)32)19-11-12-22(34-4)21(25)15-19/h6,8-9,11-12,14-15,17H,7,10,13,16H2,1-5H3,(H,26,30). The minimum atomic E-state index is -3.63. The van der Waals surface area contributed by atoms with Crippen LogP contribution in [0.3, 0.4) is 0 Å². The zero-order valence-electron chi connectivity index (χ0n) is 20.6. The first-order chi connectivity index (χ1) is 16.5. The van der Waals surface area contributed by atoms with Crippen LogP contribution in [0.1, 0.15) is 25.3 Å². The second-order valence-corrected chi connectivity index (χ2v) is 10.2. The van der Waals surface area contributed by atoms with Crippen LogP contribution in [0.4, 0.5) is 5.69 Å². The van der Waals surface area contributed by atoms with Gasteiger partial charge in [-0.15, -0.1) is 0 Å². The van der Waals surface area contributed by atoms with Crippen LogP contribution < -0.4 is 19.1 Å². The van der Waals surface area contributed by atoms with Crippen LogP contribution in [-0.2, 0) is 26.2 Å². The third-order valence-electron chi connectivity index (χ3n) is 5.48. The predicted molar refractivity (Wildman–Crippen MR) is 137 cm³/mol. The van der Waals surface area contributed by atoms with Gasteiger partial charge in [0, 0.05) is 26.6 Å². The molecule has 2 amide bonds. The van der Waals surface area contributed by atoms with Crippen molar-refractivity contribution < 1.29 is 27.5 Å². The third kappa shape index (κ3) is 7.76. The van der Waals surface area contributed by atoms with E-state index in [9.17, 15) is 18.0 Å². The first-order valence-corrected chi connectivity index (χ1v) is 13.2. The van der Waals surface area contributed by atoms with Crippen LogP contribution >= 0.6 is 11.6 Å². The van der Waals surface area contributed by atoms with Crippen LogP contribution in [0.5, 0.6) is 11.5 Å². The molecule has 0 heterocycles. The van der Waals surface area contributed by atoms with Gasteiger partial charge < -0.3 is 19.7 Å². The third-order valence-corrected chi connectivity index (χ3v) is 6.97. The van der Waals surface area contributed by atoms with Crippen LogP contribution in [-0.4, -0.2) is 65.2 Å². The molecule has 2 aromatic rings. The Kier molecular flexibility index (Phi) is 10.2. The van der Waals surface area contributed by atoms with E-state index in [1.54, 1.807) is 38.3 Å². The predicted octanol–water partition coefficient (Wildman–Crippen LogP) is 3.07. The summed E-state index contributed by atoms with van der Waals surface area (Å²) >= 11 is 6.17. The van der Waals surface area contributed by atoms with Crippen LogP contribution in [0.2, 0.25) is 5.02 Å². The number of hydrogen-bond donors (Lipinski definition) is 1. The number of likely N-dealkylation sites (N-methyl/N-ethyl adjacent to an activating group) is 1. The van der Waals surface area contributed by atoms with Crippen molar-refractivity contribution in [3.05, 3.63) is 53.1 Å². The van der Waals surface area contributed by atoms with E-state index in [1.165, 1.54) is 29.4 Å². The minimum absolute atomic E-state index is 0.0429. The molecule has 0 aliphatic rings. The highest BCUT2D eigenvalue weighted by atomic mass is 35.5. The van der Waals surface area contributed by atoms with E-state index < -0.39 is 16.1 Å². The van der Waals surface area contributed by atoms with Gasteiger partial charge in [-0.3, -0.25) is 13.9 Å². The number of methoxy groups -OCH3 is 2. The molecule has 0 aliphatic carbocycles. The first-order valence-electron chi connectivity index (χ1n) is 11.0. The highest BCUT2D eigenvalue weighted by Crippen LogP contribution is 2.30. The lowest BCUT2D eigenvalue weighted by Gasteiger charge is -2.29. The van der Waals surface area contributed by atoms with E-state index in [4.69, 9.17) is 21.1 Å². The molecule has 0 fully saturated rings. The molecule has 2 rings (SSSR count). The molecule has 35 heavy (non-hydrogen) atoms. The van der Waals surface area contributed by atoms with Crippen molar-refractivity contribution in [3.8, 4) is 11.5 Å². The molecule has 9 nitrogen and oxygen atoms in total. The summed E-state index contributed by atoms with van der Waals surface area (Å²) in [5.41, 5.74) is 1.18. The van der Waals surface area contributed by atoms with Crippen molar-refractivity contribution in [1.82, 2.24) is 10.2 Å². The monoisotopic (exact) mass is 525 g/mol. The summed E-state index contributed by atoms with van der Waals surface area (Å²) in [4.78, 5) is 27.0. The molecule has 1 unspecified atom stereocenters. The van der Waals surface area contributed by atoms with Gasteiger partial charge in [-0.05, 0) is 49.2 Å². The maximum atomic E-state index is 13.2.